The number of alkyl halides is 3. The number of carbonyl (C=O) groups excluding carboxylic acids is 2. The van der Waals surface area contributed by atoms with Crippen LogP contribution in [0.25, 0.3) is 10.2 Å². The van der Waals surface area contributed by atoms with Gasteiger partial charge in [-0.15, -0.1) is 0 Å². The minimum Gasteiger partial charge on any atom is -0.465 e. The van der Waals surface area contributed by atoms with Crippen LogP contribution in [0.4, 0.5) is 34.5 Å². The first-order valence-corrected chi connectivity index (χ1v) is 11.1. The lowest BCUT2D eigenvalue weighted by Gasteiger charge is -2.18. The third-order valence-corrected chi connectivity index (χ3v) is 6.03. The number of carboxylic acid groups (broad SMARTS) is 1. The molecule has 0 unspecified atom stereocenters. The van der Waals surface area contributed by atoms with Crippen molar-refractivity contribution in [3.8, 4) is 0 Å². The monoisotopic (exact) mass is 514 g/mol. The molecule has 0 radical (unpaired) electrons. The molecular formula is C24H17F3N4O4S. The summed E-state index contributed by atoms with van der Waals surface area (Å²) in [6.45, 7) is 0. The second-order valence-electron chi connectivity index (χ2n) is 7.58. The topological polar surface area (TPSA) is 112 Å². The molecule has 3 aromatic carbocycles. The molecule has 184 valence electrons. The van der Waals surface area contributed by atoms with Crippen LogP contribution in [-0.4, -0.2) is 35.0 Å². The van der Waals surface area contributed by atoms with Crippen LogP contribution in [0, 0.1) is 0 Å². The number of halogens is 3. The van der Waals surface area contributed by atoms with E-state index in [2.05, 4.69) is 15.6 Å². The molecule has 1 heterocycles. The maximum atomic E-state index is 13.1. The van der Waals surface area contributed by atoms with Gasteiger partial charge in [0, 0.05) is 29.5 Å². The minimum absolute atomic E-state index is 0.0146. The summed E-state index contributed by atoms with van der Waals surface area (Å²) in [4.78, 5) is 42.0. The van der Waals surface area contributed by atoms with E-state index in [-0.39, 0.29) is 16.4 Å². The Bertz CT molecular complexity index is 1490. The van der Waals surface area contributed by atoms with E-state index in [1.807, 2.05) is 0 Å². The Hall–Kier alpha value is -4.45. The molecule has 36 heavy (non-hydrogen) atoms. The number of aromatic nitrogens is 1. The third kappa shape index (κ3) is 5.44. The summed E-state index contributed by atoms with van der Waals surface area (Å²) >= 11 is 1.08. The van der Waals surface area contributed by atoms with E-state index in [1.54, 1.807) is 30.3 Å². The lowest BCUT2D eigenvalue weighted by Crippen LogP contribution is -2.26. The van der Waals surface area contributed by atoms with Crippen molar-refractivity contribution in [2.75, 3.05) is 22.6 Å². The quantitative estimate of drug-likeness (QED) is 0.306. The fourth-order valence-electron chi connectivity index (χ4n) is 3.35. The number of thiazole rings is 1. The zero-order valence-corrected chi connectivity index (χ0v) is 19.3. The minimum atomic E-state index is -4.54. The molecule has 0 saturated carbocycles. The second kappa shape index (κ2) is 9.66. The second-order valence-corrected chi connectivity index (χ2v) is 8.61. The molecule has 4 aromatic rings. The predicted octanol–water partition coefficient (Wildman–Crippen LogP) is 5.93. The largest absolute Gasteiger partial charge is 0.465 e. The predicted molar refractivity (Wildman–Crippen MR) is 130 cm³/mol. The van der Waals surface area contributed by atoms with Gasteiger partial charge < -0.3 is 15.3 Å². The molecule has 4 rings (SSSR count). The van der Waals surface area contributed by atoms with Crippen LogP contribution in [0.1, 0.15) is 26.3 Å². The number of anilines is 3. The van der Waals surface area contributed by atoms with Crippen LogP contribution in [0.3, 0.4) is 0 Å². The lowest BCUT2D eigenvalue weighted by atomic mass is 10.1. The van der Waals surface area contributed by atoms with Gasteiger partial charge in [-0.05, 0) is 54.6 Å². The summed E-state index contributed by atoms with van der Waals surface area (Å²) in [5.74, 6) is -1.03. The van der Waals surface area contributed by atoms with Crippen molar-refractivity contribution in [2.45, 2.75) is 6.18 Å². The van der Waals surface area contributed by atoms with Gasteiger partial charge in [0.1, 0.15) is 0 Å². The lowest BCUT2D eigenvalue weighted by molar-refractivity contribution is -0.137. The molecule has 3 N–H and O–H groups in total. The van der Waals surface area contributed by atoms with Gasteiger partial charge in [-0.3, -0.25) is 14.9 Å². The summed E-state index contributed by atoms with van der Waals surface area (Å²) in [6, 6.07) is 15.1. The van der Waals surface area contributed by atoms with E-state index >= 15 is 0 Å². The van der Waals surface area contributed by atoms with E-state index in [0.717, 1.165) is 23.5 Å². The number of fused-ring (bicyclic) bond motifs is 1. The van der Waals surface area contributed by atoms with E-state index in [4.69, 9.17) is 5.11 Å². The maximum absolute atomic E-state index is 13.1. The first-order valence-electron chi connectivity index (χ1n) is 10.3. The molecule has 0 aliphatic heterocycles. The summed E-state index contributed by atoms with van der Waals surface area (Å²) in [5, 5.41) is 13.6. The van der Waals surface area contributed by atoms with Crippen molar-refractivity contribution in [3.63, 3.8) is 0 Å². The molecule has 0 atom stereocenters. The standard InChI is InChI=1S/C24H17F3N4O4S/c1-31(21(33)14-8-9-18-19(11-14)36-22(29-18)30-23(34)35)17-7-2-4-13(10-17)20(32)28-16-6-3-5-15(12-16)24(25,26)27/h2-12H,1H3,(H,28,32)(H,29,30)(H,34,35). The van der Waals surface area contributed by atoms with Crippen molar-refractivity contribution in [3.05, 3.63) is 83.4 Å². The van der Waals surface area contributed by atoms with Crippen LogP contribution in [-0.2, 0) is 6.18 Å². The van der Waals surface area contributed by atoms with Crippen molar-refractivity contribution >= 4 is 56.0 Å². The number of rotatable bonds is 5. The fourth-order valence-corrected chi connectivity index (χ4v) is 4.24. The molecule has 8 nitrogen and oxygen atoms in total. The van der Waals surface area contributed by atoms with E-state index in [9.17, 15) is 27.6 Å². The fraction of sp³-hybridized carbons (Fsp3) is 0.0833. The molecule has 12 heteroatoms. The number of benzene rings is 3. The average Bonchev–Trinajstić information content (AvgIpc) is 3.23. The Balaban J connectivity index is 1.52. The highest BCUT2D eigenvalue weighted by molar-refractivity contribution is 7.22. The Labute approximate surface area is 206 Å². The van der Waals surface area contributed by atoms with Gasteiger partial charge >= 0.3 is 12.3 Å². The molecule has 0 aliphatic carbocycles. The van der Waals surface area contributed by atoms with Crippen molar-refractivity contribution in [2.24, 2.45) is 0 Å². The van der Waals surface area contributed by atoms with Gasteiger partial charge in [0.05, 0.1) is 15.8 Å². The van der Waals surface area contributed by atoms with Crippen LogP contribution in [0.15, 0.2) is 66.7 Å². The molecule has 1 aromatic heterocycles. The zero-order chi connectivity index (χ0) is 26.0. The van der Waals surface area contributed by atoms with Gasteiger partial charge in [0.25, 0.3) is 11.8 Å². The smallest absolute Gasteiger partial charge is 0.416 e. The van der Waals surface area contributed by atoms with Gasteiger partial charge in [0.15, 0.2) is 5.13 Å². The number of nitrogens with zero attached hydrogens (tertiary/aromatic N) is 2. The Morgan fingerprint density at radius 1 is 0.944 bits per heavy atom. The van der Waals surface area contributed by atoms with Gasteiger partial charge in [0.2, 0.25) is 0 Å². The Morgan fingerprint density at radius 3 is 2.42 bits per heavy atom. The third-order valence-electron chi connectivity index (χ3n) is 5.10. The number of carbonyl (C=O) groups is 3. The number of amides is 3. The van der Waals surface area contributed by atoms with E-state index in [0.29, 0.717) is 21.5 Å². The van der Waals surface area contributed by atoms with E-state index in [1.165, 1.54) is 36.2 Å². The summed E-state index contributed by atoms with van der Waals surface area (Å²) in [6.07, 6.45) is -5.79. The number of hydrogen-bond acceptors (Lipinski definition) is 5. The SMILES string of the molecule is CN(C(=O)c1ccc2nc(NC(=O)O)sc2c1)c1cccc(C(=O)Nc2cccc(C(F)(F)F)c2)c1. The Kier molecular flexibility index (Phi) is 6.62. The normalized spacial score (nSPS) is 11.2. The first-order chi connectivity index (χ1) is 17.0. The molecule has 0 fully saturated rings. The first kappa shape index (κ1) is 24.7. The number of nitrogens with one attached hydrogen (secondary N) is 2. The molecule has 3 amide bonds. The van der Waals surface area contributed by atoms with Gasteiger partial charge in [-0.1, -0.05) is 23.5 Å². The Morgan fingerprint density at radius 2 is 1.69 bits per heavy atom. The highest BCUT2D eigenvalue weighted by atomic mass is 32.1. The molecule has 0 spiro atoms. The highest BCUT2D eigenvalue weighted by Gasteiger charge is 2.30. The summed E-state index contributed by atoms with van der Waals surface area (Å²) in [7, 11) is 1.51. The van der Waals surface area contributed by atoms with Gasteiger partial charge in [-0.25, -0.2) is 9.78 Å². The van der Waals surface area contributed by atoms with Crippen molar-refractivity contribution in [1.29, 1.82) is 0 Å². The van der Waals surface area contributed by atoms with Crippen LogP contribution < -0.4 is 15.5 Å². The average molecular weight is 514 g/mol. The maximum Gasteiger partial charge on any atom is 0.416 e. The van der Waals surface area contributed by atoms with E-state index < -0.39 is 29.6 Å². The molecule has 0 aliphatic rings. The van der Waals surface area contributed by atoms with Gasteiger partial charge in [-0.2, -0.15) is 13.2 Å². The molecule has 0 saturated heterocycles. The van der Waals surface area contributed by atoms with Crippen LogP contribution >= 0.6 is 11.3 Å². The van der Waals surface area contributed by atoms with Crippen molar-refractivity contribution in [1.82, 2.24) is 4.98 Å². The summed E-state index contributed by atoms with van der Waals surface area (Å²) in [5.41, 5.74) is 0.467. The molecular weight excluding hydrogens is 497 g/mol. The van der Waals surface area contributed by atoms with Crippen LogP contribution in [0.5, 0.6) is 0 Å². The molecule has 0 bridgehead atoms. The zero-order valence-electron chi connectivity index (χ0n) is 18.5. The summed E-state index contributed by atoms with van der Waals surface area (Å²) < 4.78 is 39.4. The van der Waals surface area contributed by atoms with Crippen LogP contribution in [0.2, 0.25) is 0 Å². The highest BCUT2D eigenvalue weighted by Crippen LogP contribution is 2.31. The van der Waals surface area contributed by atoms with Crippen molar-refractivity contribution < 1.29 is 32.7 Å². The number of hydrogen-bond donors (Lipinski definition) is 3.